The van der Waals surface area contributed by atoms with E-state index >= 15 is 0 Å². The Morgan fingerprint density at radius 1 is 0.768 bits per heavy atom. The molecule has 3 aliphatic heterocycles. The van der Waals surface area contributed by atoms with Crippen LogP contribution in [0.5, 0.6) is 0 Å². The van der Waals surface area contributed by atoms with Crippen molar-refractivity contribution in [2.24, 2.45) is 22.7 Å². The van der Waals surface area contributed by atoms with Crippen molar-refractivity contribution in [3.63, 3.8) is 0 Å². The first-order valence-corrected chi connectivity index (χ1v) is 21.0. The zero-order chi connectivity index (χ0) is 40.4. The fourth-order valence-electron chi connectivity index (χ4n) is 12.1. The van der Waals surface area contributed by atoms with Crippen molar-refractivity contribution in [1.29, 1.82) is 0 Å². The third-order valence-corrected chi connectivity index (χ3v) is 15.6. The van der Waals surface area contributed by atoms with Gasteiger partial charge in [-0.2, -0.15) is 0 Å². The fourth-order valence-corrected chi connectivity index (χ4v) is 12.1. The Kier molecular flexibility index (Phi) is 12.6. The number of aliphatic hydroxyl groups excluding tert-OH is 2. The summed E-state index contributed by atoms with van der Waals surface area (Å²) in [5.74, 6) is -0.151. The fraction of sp³-hybridized carbons (Fsp3) is 0.929. The second kappa shape index (κ2) is 16.4. The SMILES string of the molecule is COCC(=O)[C@]1(O)CC[C@]2(O)[C@@H]3CC=C4C[C@@H](O[C@H]5C[C@H](O)[C@H](O[C@H]6C[C@H](OC)[C@H](O[C@H]7C[C@@H](OC)[C@H](O)[C@@H](C)O7)[C@@H](C)O6)[C@@H](C)O5)CC[C@]4(C)[C@H]3CC[C@]12C. The van der Waals surface area contributed by atoms with Gasteiger partial charge in [-0.05, 0) is 89.4 Å². The molecule has 0 radical (unpaired) electrons. The third-order valence-electron chi connectivity index (χ3n) is 15.6. The van der Waals surface area contributed by atoms with E-state index in [2.05, 4.69) is 13.0 Å². The van der Waals surface area contributed by atoms with Crippen molar-refractivity contribution in [3.8, 4) is 0 Å². The lowest BCUT2D eigenvalue weighted by Gasteiger charge is -2.62. The minimum absolute atomic E-state index is 0.0477. The molecule has 0 spiro atoms. The van der Waals surface area contributed by atoms with Crippen LogP contribution in [0.4, 0.5) is 0 Å². The van der Waals surface area contributed by atoms with E-state index in [9.17, 15) is 25.2 Å². The molecule has 6 fully saturated rings. The number of rotatable bonds is 11. The molecule has 14 nitrogen and oxygen atoms in total. The first-order valence-electron chi connectivity index (χ1n) is 21.0. The van der Waals surface area contributed by atoms with Gasteiger partial charge in [-0.25, -0.2) is 0 Å². The normalized spacial score (nSPS) is 52.1. The molecule has 7 rings (SSSR count). The first kappa shape index (κ1) is 43.0. The van der Waals surface area contributed by atoms with E-state index < -0.39 is 84.3 Å². The van der Waals surface area contributed by atoms with Gasteiger partial charge >= 0.3 is 0 Å². The van der Waals surface area contributed by atoms with Gasteiger partial charge in [0.2, 0.25) is 0 Å². The van der Waals surface area contributed by atoms with E-state index in [4.69, 9.17) is 42.6 Å². The number of allylic oxidation sites excluding steroid dienone is 1. The average Bonchev–Trinajstić information content (AvgIpc) is 3.38. The van der Waals surface area contributed by atoms with Gasteiger partial charge in [0.25, 0.3) is 0 Å². The summed E-state index contributed by atoms with van der Waals surface area (Å²) < 4.78 is 54.2. The molecular formula is C42H68O14. The lowest BCUT2D eigenvalue weighted by molar-refractivity contribution is -0.337. The second-order valence-electron chi connectivity index (χ2n) is 18.4. The lowest BCUT2D eigenvalue weighted by Crippen LogP contribution is -2.66. The van der Waals surface area contributed by atoms with Crippen molar-refractivity contribution in [3.05, 3.63) is 11.6 Å². The molecule has 0 aromatic heterocycles. The monoisotopic (exact) mass is 796 g/mol. The molecule has 3 heterocycles. The molecule has 7 aliphatic rings. The van der Waals surface area contributed by atoms with E-state index in [1.807, 2.05) is 20.8 Å². The molecule has 14 heteroatoms. The highest BCUT2D eigenvalue weighted by molar-refractivity contribution is 5.90. The largest absolute Gasteiger partial charge is 0.390 e. The van der Waals surface area contributed by atoms with Gasteiger partial charge in [0.1, 0.15) is 30.5 Å². The molecule has 0 bridgehead atoms. The minimum Gasteiger partial charge on any atom is -0.390 e. The van der Waals surface area contributed by atoms with Crippen LogP contribution < -0.4 is 0 Å². The maximum atomic E-state index is 13.1. The van der Waals surface area contributed by atoms with E-state index in [1.54, 1.807) is 21.1 Å². The molecule has 0 aromatic rings. The van der Waals surface area contributed by atoms with Gasteiger partial charge < -0.3 is 63.1 Å². The Hall–Kier alpha value is -1.11. The molecule has 3 saturated carbocycles. The molecule has 320 valence electrons. The standard InChI is InChI=1S/C42H68O14/c1-22-36(45)30(49-7)19-34(51-22)56-38-24(3)53-35(20-31(38)50-8)55-37-23(2)52-33(18-29(37)43)54-26-11-13-39(4)25(17-26)9-10-28-27(39)12-14-40(5)41(28,46)15-16-42(40,47)32(44)21-48-6/h9,22-24,26-31,33-38,43,45-47H,10-21H2,1-8H3/t22-,23-,24-,26+,27+,28-,29+,30-,31+,33+,34+,35+,36-,37-,38-,39+,40+,41+,42-/m1/s1. The van der Waals surface area contributed by atoms with Gasteiger partial charge in [-0.1, -0.05) is 25.5 Å². The highest BCUT2D eigenvalue weighted by atomic mass is 16.7. The number of fused-ring (bicyclic) bond motifs is 5. The molecular weight excluding hydrogens is 728 g/mol. The van der Waals surface area contributed by atoms with Crippen LogP contribution in [0.1, 0.15) is 105 Å². The van der Waals surface area contributed by atoms with Gasteiger partial charge in [0, 0.05) is 46.0 Å². The summed E-state index contributed by atoms with van der Waals surface area (Å²) >= 11 is 0. The van der Waals surface area contributed by atoms with E-state index in [0.717, 1.165) is 25.7 Å². The smallest absolute Gasteiger partial charge is 0.190 e. The van der Waals surface area contributed by atoms with Crippen molar-refractivity contribution >= 4 is 5.78 Å². The predicted molar refractivity (Wildman–Crippen MR) is 200 cm³/mol. The van der Waals surface area contributed by atoms with Crippen LogP contribution in [0.3, 0.4) is 0 Å². The molecule has 0 unspecified atom stereocenters. The van der Waals surface area contributed by atoms with Crippen molar-refractivity contribution in [2.75, 3.05) is 27.9 Å². The van der Waals surface area contributed by atoms with Gasteiger partial charge in [0.05, 0.1) is 48.3 Å². The Balaban J connectivity index is 0.927. The Labute approximate surface area is 331 Å². The van der Waals surface area contributed by atoms with Crippen LogP contribution in [-0.2, 0) is 47.4 Å². The molecule has 56 heavy (non-hydrogen) atoms. The van der Waals surface area contributed by atoms with Crippen LogP contribution in [-0.4, -0.2) is 145 Å². The van der Waals surface area contributed by atoms with E-state index in [1.165, 1.54) is 12.7 Å². The summed E-state index contributed by atoms with van der Waals surface area (Å²) in [6.07, 6.45) is 1.85. The maximum absolute atomic E-state index is 13.1. The molecule has 4 N–H and O–H groups in total. The van der Waals surface area contributed by atoms with Gasteiger partial charge in [-0.3, -0.25) is 4.79 Å². The summed E-state index contributed by atoms with van der Waals surface area (Å²) in [4.78, 5) is 13.1. The number of hydrogen-bond acceptors (Lipinski definition) is 14. The van der Waals surface area contributed by atoms with Gasteiger partial charge in [-0.15, -0.1) is 0 Å². The van der Waals surface area contributed by atoms with E-state index in [0.29, 0.717) is 32.1 Å². The van der Waals surface area contributed by atoms with Crippen LogP contribution >= 0.6 is 0 Å². The molecule has 19 atom stereocenters. The third kappa shape index (κ3) is 7.28. The average molecular weight is 797 g/mol. The van der Waals surface area contributed by atoms with Crippen molar-refractivity contribution in [2.45, 2.75) is 196 Å². The summed E-state index contributed by atoms with van der Waals surface area (Å²) in [6, 6.07) is 0. The molecule has 0 amide bonds. The lowest BCUT2D eigenvalue weighted by atomic mass is 9.45. The van der Waals surface area contributed by atoms with Crippen molar-refractivity contribution < 1.29 is 67.9 Å². The Morgan fingerprint density at radius 3 is 2.05 bits per heavy atom. The second-order valence-corrected chi connectivity index (χ2v) is 18.4. The predicted octanol–water partition coefficient (Wildman–Crippen LogP) is 3.32. The summed E-state index contributed by atoms with van der Waals surface area (Å²) in [6.45, 7) is 9.64. The van der Waals surface area contributed by atoms with Gasteiger partial charge in [0.15, 0.2) is 24.7 Å². The van der Waals surface area contributed by atoms with E-state index in [-0.39, 0.29) is 54.7 Å². The van der Waals surface area contributed by atoms with Crippen LogP contribution in [0.15, 0.2) is 11.6 Å². The van der Waals surface area contributed by atoms with Crippen LogP contribution in [0, 0.1) is 22.7 Å². The number of aliphatic hydroxyl groups is 4. The zero-order valence-electron chi connectivity index (χ0n) is 34.6. The zero-order valence-corrected chi connectivity index (χ0v) is 34.6. The van der Waals surface area contributed by atoms with Crippen LogP contribution in [0.25, 0.3) is 0 Å². The topological polar surface area (TPSA) is 181 Å². The Bertz CT molecular complexity index is 1420. The summed E-state index contributed by atoms with van der Waals surface area (Å²) in [7, 11) is 4.65. The number of ketones is 1. The highest BCUT2D eigenvalue weighted by Gasteiger charge is 2.73. The number of ether oxygens (including phenoxy) is 9. The summed E-state index contributed by atoms with van der Waals surface area (Å²) in [5, 5.41) is 45.9. The number of carbonyl (C=O) groups is 1. The quantitative estimate of drug-likeness (QED) is 0.224. The highest BCUT2D eigenvalue weighted by Crippen LogP contribution is 2.69. The number of carbonyl (C=O) groups excluding carboxylic acids is 1. The van der Waals surface area contributed by atoms with Crippen LogP contribution in [0.2, 0.25) is 0 Å². The Morgan fingerprint density at radius 2 is 1.39 bits per heavy atom. The summed E-state index contributed by atoms with van der Waals surface area (Å²) in [5.41, 5.74) is -2.44. The molecule has 0 aromatic carbocycles. The number of hydrogen-bond donors (Lipinski definition) is 4. The minimum atomic E-state index is -1.60. The first-order chi connectivity index (χ1) is 26.5. The number of methoxy groups -OCH3 is 3. The van der Waals surface area contributed by atoms with Crippen molar-refractivity contribution in [1.82, 2.24) is 0 Å². The number of Topliss-reactive ketones (excluding diaryl/α,β-unsaturated/α-hetero) is 1. The molecule has 4 aliphatic carbocycles. The molecule has 3 saturated heterocycles. The maximum Gasteiger partial charge on any atom is 0.190 e.